The average molecular weight is 687 g/mol. The smallest absolute Gasteiger partial charge is 0.271 e. The molecule has 3 fully saturated rings. The summed E-state index contributed by atoms with van der Waals surface area (Å²) >= 11 is 3.41. The van der Waals surface area contributed by atoms with Gasteiger partial charge in [0.15, 0.2) is 11.5 Å². The Morgan fingerprint density at radius 3 is 2.35 bits per heavy atom. The number of phenolic OH excluding ortho intramolecular Hbond substituents is 1. The summed E-state index contributed by atoms with van der Waals surface area (Å²) in [4.78, 5) is 69.9. The highest BCUT2D eigenvalue weighted by Gasteiger charge is 2.67. The van der Waals surface area contributed by atoms with E-state index in [9.17, 15) is 34.4 Å². The largest absolute Gasteiger partial charge is 0.503 e. The molecule has 3 aromatic carbocycles. The standard InChI is InChI=1S/C34H28BrN3O8/c1-34-24(31(41)37(33(34)43)18-7-4-3-5-8-18)16-23-21(28(34)17-13-25(35)29(39)26(14-17)46-2)11-12-22-27(23)32(42)36(30(22)40)19-9-6-10-20(15-19)38(44)45/h3-11,13-15,22-24,27-28,39H,12,16H2,1-2H3/t22-,23+,24-,27-,28-,34+/m0/s1. The van der Waals surface area contributed by atoms with Crippen LogP contribution in [-0.2, 0) is 19.2 Å². The molecule has 2 saturated heterocycles. The summed E-state index contributed by atoms with van der Waals surface area (Å²) < 4.78 is 5.78. The molecule has 1 saturated carbocycles. The van der Waals surface area contributed by atoms with Crippen molar-refractivity contribution < 1.29 is 33.9 Å². The van der Waals surface area contributed by atoms with Crippen molar-refractivity contribution in [1.82, 2.24) is 0 Å². The molecule has 4 amide bonds. The lowest BCUT2D eigenvalue weighted by molar-refractivity contribution is -0.384. The second-order valence-corrected chi connectivity index (χ2v) is 13.2. The number of anilines is 2. The third-order valence-corrected chi connectivity index (χ3v) is 10.8. The van der Waals surface area contributed by atoms with Crippen molar-refractivity contribution in [3.63, 3.8) is 0 Å². The number of ether oxygens (including phenoxy) is 1. The molecule has 4 aliphatic rings. The SMILES string of the molecule is COc1cc([C@H]2C3=CC[C@@H]4C(=O)N(c5cccc([N+](=O)[O-])c5)C(=O)[C@@H]4[C@@H]3C[C@H]3C(=O)N(c4ccccc4)C(=O)[C@@]23C)cc(Br)c1O. The summed E-state index contributed by atoms with van der Waals surface area (Å²) in [5.74, 6) is -5.35. The van der Waals surface area contributed by atoms with Gasteiger partial charge in [0, 0.05) is 18.1 Å². The molecule has 0 radical (unpaired) electrons. The highest BCUT2D eigenvalue weighted by atomic mass is 79.9. The van der Waals surface area contributed by atoms with E-state index in [1.54, 1.807) is 49.4 Å². The molecular formula is C34H28BrN3O8. The lowest BCUT2D eigenvalue weighted by Gasteiger charge is -2.49. The van der Waals surface area contributed by atoms with Gasteiger partial charge in [-0.2, -0.15) is 0 Å². The fraction of sp³-hybridized carbons (Fsp3) is 0.294. The second-order valence-electron chi connectivity index (χ2n) is 12.3. The third kappa shape index (κ3) is 4.08. The molecule has 46 heavy (non-hydrogen) atoms. The number of imide groups is 2. The monoisotopic (exact) mass is 685 g/mol. The molecule has 0 unspecified atom stereocenters. The molecule has 7 rings (SSSR count). The van der Waals surface area contributed by atoms with Crippen LogP contribution in [0.1, 0.15) is 31.2 Å². The Balaban J connectivity index is 1.38. The minimum absolute atomic E-state index is 0.118. The maximum atomic E-state index is 14.5. The Hall–Kier alpha value is -4.84. The number of rotatable bonds is 5. The number of halogens is 1. The van der Waals surface area contributed by atoms with Crippen molar-refractivity contribution in [3.05, 3.63) is 98.5 Å². The summed E-state index contributed by atoms with van der Waals surface area (Å²) in [5.41, 5.74) is 0.407. The van der Waals surface area contributed by atoms with Crippen molar-refractivity contribution in [1.29, 1.82) is 0 Å². The topological polar surface area (TPSA) is 147 Å². The average Bonchev–Trinajstić information content (AvgIpc) is 3.42. The summed E-state index contributed by atoms with van der Waals surface area (Å²) in [7, 11) is 1.41. The zero-order valence-corrected chi connectivity index (χ0v) is 26.3. The number of fused-ring (bicyclic) bond motifs is 4. The number of para-hydroxylation sites is 1. The molecule has 2 heterocycles. The highest BCUT2D eigenvalue weighted by Crippen LogP contribution is 2.64. The molecule has 3 aromatic rings. The number of carbonyl (C=O) groups is 4. The zero-order chi connectivity index (χ0) is 32.7. The van der Waals surface area contributed by atoms with Gasteiger partial charge in [-0.25, -0.2) is 9.80 Å². The zero-order valence-electron chi connectivity index (χ0n) is 24.8. The van der Waals surface area contributed by atoms with Crippen molar-refractivity contribution in [2.75, 3.05) is 16.9 Å². The van der Waals surface area contributed by atoms with Gasteiger partial charge < -0.3 is 9.84 Å². The lowest BCUT2D eigenvalue weighted by atomic mass is 9.51. The van der Waals surface area contributed by atoms with E-state index >= 15 is 0 Å². The van der Waals surface area contributed by atoms with Crippen LogP contribution in [0.2, 0.25) is 0 Å². The van der Waals surface area contributed by atoms with Crippen LogP contribution in [0.5, 0.6) is 11.5 Å². The van der Waals surface area contributed by atoms with E-state index in [0.717, 1.165) is 10.5 Å². The van der Waals surface area contributed by atoms with Gasteiger partial charge in [-0.1, -0.05) is 35.9 Å². The number of carbonyl (C=O) groups excluding carboxylic acids is 4. The first-order valence-corrected chi connectivity index (χ1v) is 15.6. The number of allylic oxidation sites excluding steroid dienone is 2. The van der Waals surface area contributed by atoms with Crippen LogP contribution in [-0.4, -0.2) is 40.8 Å². The molecule has 234 valence electrons. The van der Waals surface area contributed by atoms with E-state index in [0.29, 0.717) is 15.7 Å². The van der Waals surface area contributed by atoms with Gasteiger partial charge in [0.05, 0.1) is 51.0 Å². The van der Waals surface area contributed by atoms with Crippen molar-refractivity contribution in [2.45, 2.75) is 25.7 Å². The number of methoxy groups -OCH3 is 1. The Kier molecular flexibility index (Phi) is 6.89. The number of hydrogen-bond acceptors (Lipinski definition) is 8. The molecular weight excluding hydrogens is 658 g/mol. The lowest BCUT2D eigenvalue weighted by Crippen LogP contribution is -2.48. The number of amides is 4. The molecule has 2 aliphatic carbocycles. The van der Waals surface area contributed by atoms with Crippen LogP contribution in [0.15, 0.2) is 82.9 Å². The van der Waals surface area contributed by atoms with E-state index in [2.05, 4.69) is 15.9 Å². The Morgan fingerprint density at radius 1 is 0.935 bits per heavy atom. The van der Waals surface area contributed by atoms with E-state index in [1.807, 2.05) is 6.08 Å². The van der Waals surface area contributed by atoms with E-state index in [4.69, 9.17) is 4.74 Å². The Labute approximate surface area is 271 Å². The fourth-order valence-corrected chi connectivity index (χ4v) is 8.59. The summed E-state index contributed by atoms with van der Waals surface area (Å²) in [6.07, 6.45) is 2.28. The van der Waals surface area contributed by atoms with Gasteiger partial charge in [0.2, 0.25) is 23.6 Å². The van der Waals surface area contributed by atoms with E-state index < -0.39 is 51.7 Å². The number of non-ortho nitro benzene ring substituents is 1. The van der Waals surface area contributed by atoms with E-state index in [1.165, 1.54) is 36.3 Å². The first-order chi connectivity index (χ1) is 22.0. The maximum absolute atomic E-state index is 14.5. The van der Waals surface area contributed by atoms with Crippen LogP contribution in [0.4, 0.5) is 17.1 Å². The number of phenols is 1. The number of nitrogens with zero attached hydrogens (tertiary/aromatic N) is 3. The first kappa shape index (κ1) is 29.8. The molecule has 0 spiro atoms. The van der Waals surface area contributed by atoms with Gasteiger partial charge in [0.1, 0.15) is 0 Å². The van der Waals surface area contributed by atoms with Crippen LogP contribution in [0.3, 0.4) is 0 Å². The van der Waals surface area contributed by atoms with Crippen LogP contribution in [0.25, 0.3) is 0 Å². The Morgan fingerprint density at radius 2 is 1.65 bits per heavy atom. The minimum atomic E-state index is -1.27. The number of aromatic hydroxyl groups is 1. The van der Waals surface area contributed by atoms with Gasteiger partial charge in [0.25, 0.3) is 5.69 Å². The quantitative estimate of drug-likeness (QED) is 0.160. The first-order valence-electron chi connectivity index (χ1n) is 14.8. The van der Waals surface area contributed by atoms with Crippen LogP contribution >= 0.6 is 15.9 Å². The van der Waals surface area contributed by atoms with Crippen LogP contribution < -0.4 is 14.5 Å². The van der Waals surface area contributed by atoms with Crippen molar-refractivity contribution in [3.8, 4) is 11.5 Å². The normalized spacial score (nSPS) is 28.5. The molecule has 12 heteroatoms. The van der Waals surface area contributed by atoms with Gasteiger partial charge in [-0.3, -0.25) is 29.3 Å². The van der Waals surface area contributed by atoms with Gasteiger partial charge in [-0.15, -0.1) is 0 Å². The van der Waals surface area contributed by atoms with Crippen molar-refractivity contribution >= 4 is 56.6 Å². The summed E-state index contributed by atoms with van der Waals surface area (Å²) in [6, 6.07) is 17.4. The van der Waals surface area contributed by atoms with Gasteiger partial charge in [-0.05, 0) is 77.5 Å². The van der Waals surface area contributed by atoms with E-state index in [-0.39, 0.29) is 47.5 Å². The third-order valence-electron chi connectivity index (χ3n) is 10.2. The summed E-state index contributed by atoms with van der Waals surface area (Å²) in [5, 5.41) is 22.1. The molecule has 11 nitrogen and oxygen atoms in total. The van der Waals surface area contributed by atoms with Gasteiger partial charge >= 0.3 is 0 Å². The van der Waals surface area contributed by atoms with Crippen molar-refractivity contribution in [2.24, 2.45) is 29.1 Å². The van der Waals surface area contributed by atoms with Crippen LogP contribution in [0, 0.1) is 39.2 Å². The minimum Gasteiger partial charge on any atom is -0.503 e. The molecule has 0 bridgehead atoms. The highest BCUT2D eigenvalue weighted by molar-refractivity contribution is 9.10. The molecule has 0 aromatic heterocycles. The fourth-order valence-electron chi connectivity index (χ4n) is 8.13. The maximum Gasteiger partial charge on any atom is 0.271 e. The second kappa shape index (κ2) is 10.6. The molecule has 6 atom stereocenters. The number of nitro groups is 1. The Bertz CT molecular complexity index is 1890. The predicted molar refractivity (Wildman–Crippen MR) is 169 cm³/mol. The molecule has 1 N–H and O–H groups in total. The number of nitro benzene ring substituents is 1. The summed E-state index contributed by atoms with van der Waals surface area (Å²) in [6.45, 7) is 1.78. The molecule has 2 aliphatic heterocycles. The number of benzene rings is 3. The number of hydrogen-bond donors (Lipinski definition) is 1. The predicted octanol–water partition coefficient (Wildman–Crippen LogP) is 5.51.